The summed E-state index contributed by atoms with van der Waals surface area (Å²) in [4.78, 5) is 0. The predicted octanol–water partition coefficient (Wildman–Crippen LogP) is 9.28. The quantitative estimate of drug-likeness (QED) is 0.311. The van der Waals surface area contributed by atoms with E-state index in [2.05, 4.69) is 139 Å². The average molecular weight is 419 g/mol. The highest BCUT2D eigenvalue weighted by Crippen LogP contribution is 2.35. The van der Waals surface area contributed by atoms with Crippen molar-refractivity contribution in [3.8, 4) is 33.4 Å². The first-order valence-corrected chi connectivity index (χ1v) is 11.5. The van der Waals surface area contributed by atoms with Gasteiger partial charge in [0.1, 0.15) is 0 Å². The highest BCUT2D eigenvalue weighted by atomic mass is 14.2. The van der Waals surface area contributed by atoms with Gasteiger partial charge in [-0.2, -0.15) is 0 Å². The van der Waals surface area contributed by atoms with E-state index in [-0.39, 0.29) is 10.8 Å². The van der Waals surface area contributed by atoms with Gasteiger partial charge in [0.15, 0.2) is 0 Å². The lowest BCUT2D eigenvalue weighted by atomic mass is 9.84. The van der Waals surface area contributed by atoms with Gasteiger partial charge in [-0.1, -0.05) is 120 Å². The third-order valence-electron chi connectivity index (χ3n) is 6.16. The fourth-order valence-electron chi connectivity index (χ4n) is 4.09. The maximum atomic E-state index is 2.35. The predicted molar refractivity (Wildman–Crippen MR) is 140 cm³/mol. The van der Waals surface area contributed by atoms with Gasteiger partial charge in [0, 0.05) is 0 Å². The van der Waals surface area contributed by atoms with Crippen molar-refractivity contribution < 1.29 is 0 Å². The summed E-state index contributed by atoms with van der Waals surface area (Å²) in [6.45, 7) is 13.6. The van der Waals surface area contributed by atoms with Crippen molar-refractivity contribution in [2.75, 3.05) is 0 Å². The third kappa shape index (κ3) is 4.86. The molecule has 0 unspecified atom stereocenters. The molecule has 32 heavy (non-hydrogen) atoms. The van der Waals surface area contributed by atoms with E-state index in [1.165, 1.54) is 44.5 Å². The average Bonchev–Trinajstić information content (AvgIpc) is 2.78. The van der Waals surface area contributed by atoms with Crippen LogP contribution in [0.25, 0.3) is 33.4 Å². The smallest absolute Gasteiger partial charge is 0.0132 e. The second-order valence-corrected chi connectivity index (χ2v) is 10.8. The van der Waals surface area contributed by atoms with E-state index < -0.39 is 0 Å². The first-order chi connectivity index (χ1) is 15.1. The molecule has 0 heteroatoms. The highest BCUT2D eigenvalue weighted by molar-refractivity contribution is 5.81. The molecule has 0 bridgehead atoms. The third-order valence-corrected chi connectivity index (χ3v) is 6.16. The molecule has 0 nitrogen and oxygen atoms in total. The van der Waals surface area contributed by atoms with Gasteiger partial charge in [-0.25, -0.2) is 0 Å². The minimum absolute atomic E-state index is 0.122. The summed E-state index contributed by atoms with van der Waals surface area (Å²) in [6.07, 6.45) is 0. The molecule has 0 spiro atoms. The molecule has 0 amide bonds. The Bertz CT molecular complexity index is 1140. The summed E-state index contributed by atoms with van der Waals surface area (Å²) in [6, 6.07) is 35.7. The first kappa shape index (κ1) is 22.1. The Hall–Kier alpha value is -3.12. The SMILES string of the molecule is CC(C)(C)c1cccc(-c2cc(-c3ccccc3)cc(-c3cccc(C(C)(C)C)c3)c2)c1. The van der Waals surface area contributed by atoms with Crippen molar-refractivity contribution in [2.45, 2.75) is 52.4 Å². The number of hydrogen-bond donors (Lipinski definition) is 0. The minimum atomic E-state index is 0.122. The minimum Gasteiger partial charge on any atom is -0.0622 e. The van der Waals surface area contributed by atoms with Crippen LogP contribution >= 0.6 is 0 Å². The van der Waals surface area contributed by atoms with Gasteiger partial charge in [-0.15, -0.1) is 0 Å². The Balaban J connectivity index is 1.91. The van der Waals surface area contributed by atoms with Gasteiger partial charge in [-0.05, 0) is 73.5 Å². The Kier molecular flexibility index (Phi) is 5.82. The van der Waals surface area contributed by atoms with Crippen molar-refractivity contribution in [3.63, 3.8) is 0 Å². The molecule has 0 radical (unpaired) electrons. The highest BCUT2D eigenvalue weighted by Gasteiger charge is 2.16. The molecule has 0 aliphatic carbocycles. The summed E-state index contributed by atoms with van der Waals surface area (Å²) in [7, 11) is 0. The van der Waals surface area contributed by atoms with Crippen molar-refractivity contribution in [3.05, 3.63) is 108 Å². The lowest BCUT2D eigenvalue weighted by molar-refractivity contribution is 0.590. The molecule has 162 valence electrons. The molecule has 0 aliphatic rings. The second kappa shape index (κ2) is 8.43. The van der Waals surface area contributed by atoms with Gasteiger partial charge in [0.05, 0.1) is 0 Å². The van der Waals surface area contributed by atoms with Gasteiger partial charge < -0.3 is 0 Å². The summed E-state index contributed by atoms with van der Waals surface area (Å²) < 4.78 is 0. The topological polar surface area (TPSA) is 0 Å². The zero-order valence-corrected chi connectivity index (χ0v) is 20.2. The molecule has 0 fully saturated rings. The Morgan fingerprint density at radius 3 is 1.12 bits per heavy atom. The van der Waals surface area contributed by atoms with Crippen molar-refractivity contribution in [1.29, 1.82) is 0 Å². The van der Waals surface area contributed by atoms with E-state index in [1.807, 2.05) is 0 Å². The van der Waals surface area contributed by atoms with Crippen LogP contribution < -0.4 is 0 Å². The van der Waals surface area contributed by atoms with Crippen LogP contribution in [-0.4, -0.2) is 0 Å². The lowest BCUT2D eigenvalue weighted by Gasteiger charge is -2.21. The molecule has 4 aromatic rings. The van der Waals surface area contributed by atoms with Crippen molar-refractivity contribution in [2.24, 2.45) is 0 Å². The molecular weight excluding hydrogens is 384 g/mol. The van der Waals surface area contributed by atoms with E-state index in [9.17, 15) is 0 Å². The van der Waals surface area contributed by atoms with Crippen molar-refractivity contribution in [1.82, 2.24) is 0 Å². The molecule has 0 atom stereocenters. The van der Waals surface area contributed by atoms with E-state index in [0.717, 1.165) is 0 Å². The van der Waals surface area contributed by atoms with E-state index in [1.54, 1.807) is 0 Å². The van der Waals surface area contributed by atoms with Crippen LogP contribution in [0.5, 0.6) is 0 Å². The van der Waals surface area contributed by atoms with E-state index in [0.29, 0.717) is 0 Å². The number of benzene rings is 4. The van der Waals surface area contributed by atoms with Gasteiger partial charge in [0.25, 0.3) is 0 Å². The summed E-state index contributed by atoms with van der Waals surface area (Å²) >= 11 is 0. The fourth-order valence-corrected chi connectivity index (χ4v) is 4.09. The van der Waals surface area contributed by atoms with Gasteiger partial charge in [0.2, 0.25) is 0 Å². The normalized spacial score (nSPS) is 12.1. The second-order valence-electron chi connectivity index (χ2n) is 10.8. The van der Waals surface area contributed by atoms with Crippen LogP contribution in [0.1, 0.15) is 52.7 Å². The fraction of sp³-hybridized carbons (Fsp3) is 0.250. The van der Waals surface area contributed by atoms with E-state index in [4.69, 9.17) is 0 Å². The summed E-state index contributed by atoms with van der Waals surface area (Å²) in [5.41, 5.74) is 10.5. The first-order valence-electron chi connectivity index (χ1n) is 11.5. The molecular formula is C32H34. The Morgan fingerprint density at radius 2 is 0.719 bits per heavy atom. The van der Waals surface area contributed by atoms with Crippen LogP contribution in [0.2, 0.25) is 0 Å². The van der Waals surface area contributed by atoms with Crippen LogP contribution in [0.15, 0.2) is 97.1 Å². The van der Waals surface area contributed by atoms with E-state index >= 15 is 0 Å². The molecule has 0 aliphatic heterocycles. The zero-order valence-electron chi connectivity index (χ0n) is 20.2. The van der Waals surface area contributed by atoms with Crippen LogP contribution in [-0.2, 0) is 10.8 Å². The van der Waals surface area contributed by atoms with Crippen LogP contribution in [0.4, 0.5) is 0 Å². The molecule has 0 heterocycles. The molecule has 4 rings (SSSR count). The molecule has 0 N–H and O–H groups in total. The monoisotopic (exact) mass is 418 g/mol. The Labute approximate surface area is 194 Å². The van der Waals surface area contributed by atoms with Crippen LogP contribution in [0.3, 0.4) is 0 Å². The van der Waals surface area contributed by atoms with Crippen LogP contribution in [0, 0.1) is 0 Å². The molecule has 0 saturated heterocycles. The maximum Gasteiger partial charge on any atom is -0.0132 e. The summed E-state index contributed by atoms with van der Waals surface area (Å²) in [5.74, 6) is 0. The Morgan fingerprint density at radius 1 is 0.344 bits per heavy atom. The lowest BCUT2D eigenvalue weighted by Crippen LogP contribution is -2.10. The number of rotatable bonds is 3. The standard InChI is InChI=1S/C32H34/c1-31(2,3)29-16-10-14-24(21-29)27-18-26(23-12-8-7-9-13-23)19-28(20-27)25-15-11-17-30(22-25)32(4,5)6/h7-22H,1-6H3. The maximum absolute atomic E-state index is 2.35. The molecule has 0 saturated carbocycles. The molecule has 4 aromatic carbocycles. The number of hydrogen-bond acceptors (Lipinski definition) is 0. The van der Waals surface area contributed by atoms with Gasteiger partial charge >= 0.3 is 0 Å². The zero-order chi connectivity index (χ0) is 22.9. The van der Waals surface area contributed by atoms with Crippen molar-refractivity contribution >= 4 is 0 Å². The molecule has 0 aromatic heterocycles. The largest absolute Gasteiger partial charge is 0.0622 e. The van der Waals surface area contributed by atoms with Gasteiger partial charge in [-0.3, -0.25) is 0 Å². The summed E-state index contributed by atoms with van der Waals surface area (Å²) in [5, 5.41) is 0.